The van der Waals surface area contributed by atoms with Crippen molar-refractivity contribution in [1.82, 2.24) is 0 Å². The van der Waals surface area contributed by atoms with Crippen molar-refractivity contribution in [3.63, 3.8) is 0 Å². The molecule has 0 aliphatic heterocycles. The quantitative estimate of drug-likeness (QED) is 0.827. The minimum absolute atomic E-state index is 0.0559. The average molecular weight is 245 g/mol. The van der Waals surface area contributed by atoms with Crippen LogP contribution in [0.5, 0.6) is 5.75 Å². The predicted octanol–water partition coefficient (Wildman–Crippen LogP) is 3.12. The van der Waals surface area contributed by atoms with E-state index in [1.165, 1.54) is 18.2 Å². The number of hydrogen-bond acceptors (Lipinski definition) is 2. The van der Waals surface area contributed by atoms with Crippen LogP contribution in [0.3, 0.4) is 0 Å². The molecule has 0 aliphatic rings. The summed E-state index contributed by atoms with van der Waals surface area (Å²) in [7, 11) is 0. The fourth-order valence-corrected chi connectivity index (χ4v) is 1.28. The van der Waals surface area contributed by atoms with Gasteiger partial charge in [0.15, 0.2) is 0 Å². The van der Waals surface area contributed by atoms with Gasteiger partial charge in [0.25, 0.3) is 0 Å². The fourth-order valence-electron chi connectivity index (χ4n) is 1.28. The number of rotatable bonds is 4. The molecule has 1 aromatic rings. The second-order valence-electron chi connectivity index (χ2n) is 3.59. The number of alkyl halides is 3. The molecular weight excluding hydrogens is 231 g/mol. The third-order valence-corrected chi connectivity index (χ3v) is 2.23. The fraction of sp³-hybridized carbons (Fsp3) is 0.333. The average Bonchev–Trinajstić information content (AvgIpc) is 2.28. The molecule has 1 atom stereocenters. The number of benzene rings is 1. The topological polar surface area (TPSA) is 35.2 Å². The van der Waals surface area contributed by atoms with E-state index in [-0.39, 0.29) is 12.3 Å². The Morgan fingerprint density at radius 1 is 1.47 bits per heavy atom. The van der Waals surface area contributed by atoms with Crippen LogP contribution < -0.4 is 10.5 Å². The van der Waals surface area contributed by atoms with E-state index in [4.69, 9.17) is 10.5 Å². The molecule has 0 aliphatic carbocycles. The molecule has 94 valence electrons. The summed E-state index contributed by atoms with van der Waals surface area (Å²) in [5.74, 6) is -0.206. The molecule has 1 unspecified atom stereocenters. The summed E-state index contributed by atoms with van der Waals surface area (Å²) in [6, 6.07) is 3.80. The lowest BCUT2D eigenvalue weighted by Gasteiger charge is -2.17. The molecule has 0 radical (unpaired) electrons. The second-order valence-corrected chi connectivity index (χ2v) is 3.59. The zero-order chi connectivity index (χ0) is 13.1. The van der Waals surface area contributed by atoms with Crippen LogP contribution in [0.2, 0.25) is 0 Å². The first-order valence-electron chi connectivity index (χ1n) is 5.08. The Hall–Kier alpha value is -1.49. The maximum atomic E-state index is 12.8. The minimum Gasteiger partial charge on any atom is -0.486 e. The summed E-state index contributed by atoms with van der Waals surface area (Å²) in [5, 5.41) is 0. The van der Waals surface area contributed by atoms with Crippen molar-refractivity contribution >= 4 is 0 Å². The van der Waals surface area contributed by atoms with Crippen LogP contribution >= 0.6 is 0 Å². The van der Waals surface area contributed by atoms with Gasteiger partial charge in [0.05, 0.1) is 5.56 Å². The standard InChI is InChI=1S/C12H14F3NO/c1-3-8(2)17-11-5-4-9(7-16)6-10(11)12(13,14)15/h3-6,8H,1,7,16H2,2H3. The molecule has 0 fully saturated rings. The molecule has 0 amide bonds. The van der Waals surface area contributed by atoms with E-state index >= 15 is 0 Å². The Balaban J connectivity index is 3.15. The number of nitrogens with two attached hydrogens (primary N) is 1. The third kappa shape index (κ3) is 3.49. The van der Waals surface area contributed by atoms with Crippen LogP contribution in [0, 0.1) is 0 Å². The van der Waals surface area contributed by atoms with Gasteiger partial charge in [0.1, 0.15) is 11.9 Å². The zero-order valence-electron chi connectivity index (χ0n) is 9.42. The lowest BCUT2D eigenvalue weighted by Crippen LogP contribution is -2.14. The lowest BCUT2D eigenvalue weighted by molar-refractivity contribution is -0.139. The Morgan fingerprint density at radius 2 is 2.12 bits per heavy atom. The summed E-state index contributed by atoms with van der Waals surface area (Å²) in [4.78, 5) is 0. The molecule has 5 heteroatoms. The normalized spacial score (nSPS) is 13.2. The van der Waals surface area contributed by atoms with Crippen LogP contribution in [-0.2, 0) is 12.7 Å². The van der Waals surface area contributed by atoms with Crippen LogP contribution in [0.25, 0.3) is 0 Å². The number of ether oxygens (including phenoxy) is 1. The predicted molar refractivity (Wildman–Crippen MR) is 59.6 cm³/mol. The second kappa shape index (κ2) is 5.23. The molecule has 1 rings (SSSR count). The Kier molecular flexibility index (Phi) is 4.17. The molecule has 2 nitrogen and oxygen atoms in total. The van der Waals surface area contributed by atoms with E-state index in [2.05, 4.69) is 6.58 Å². The van der Waals surface area contributed by atoms with Crippen LogP contribution in [0.15, 0.2) is 30.9 Å². The van der Waals surface area contributed by atoms with E-state index in [0.29, 0.717) is 5.56 Å². The van der Waals surface area contributed by atoms with Gasteiger partial charge in [-0.2, -0.15) is 13.2 Å². The van der Waals surface area contributed by atoms with Crippen LogP contribution in [-0.4, -0.2) is 6.10 Å². The van der Waals surface area contributed by atoms with Crippen molar-refractivity contribution in [2.24, 2.45) is 5.73 Å². The molecular formula is C12H14F3NO. The Morgan fingerprint density at radius 3 is 2.59 bits per heavy atom. The van der Waals surface area contributed by atoms with Crippen molar-refractivity contribution in [3.05, 3.63) is 42.0 Å². The van der Waals surface area contributed by atoms with E-state index < -0.39 is 17.8 Å². The summed E-state index contributed by atoms with van der Waals surface area (Å²) < 4.78 is 43.5. The van der Waals surface area contributed by atoms with Gasteiger partial charge in [0, 0.05) is 6.54 Å². The minimum atomic E-state index is -4.46. The summed E-state index contributed by atoms with van der Waals surface area (Å²) >= 11 is 0. The smallest absolute Gasteiger partial charge is 0.419 e. The first-order valence-corrected chi connectivity index (χ1v) is 5.08. The van der Waals surface area contributed by atoms with Crippen molar-refractivity contribution in [2.45, 2.75) is 25.7 Å². The first-order chi connectivity index (χ1) is 7.88. The van der Waals surface area contributed by atoms with Crippen molar-refractivity contribution in [3.8, 4) is 5.75 Å². The highest BCUT2D eigenvalue weighted by atomic mass is 19.4. The highest BCUT2D eigenvalue weighted by Gasteiger charge is 2.34. The van der Waals surface area contributed by atoms with Gasteiger partial charge in [-0.3, -0.25) is 0 Å². The highest BCUT2D eigenvalue weighted by molar-refractivity contribution is 5.39. The van der Waals surface area contributed by atoms with Crippen LogP contribution in [0.1, 0.15) is 18.1 Å². The maximum absolute atomic E-state index is 12.8. The van der Waals surface area contributed by atoms with Gasteiger partial charge in [-0.25, -0.2) is 0 Å². The van der Waals surface area contributed by atoms with Gasteiger partial charge < -0.3 is 10.5 Å². The van der Waals surface area contributed by atoms with E-state index in [9.17, 15) is 13.2 Å². The van der Waals surface area contributed by atoms with Gasteiger partial charge >= 0.3 is 6.18 Å². The van der Waals surface area contributed by atoms with Gasteiger partial charge in [0.2, 0.25) is 0 Å². The van der Waals surface area contributed by atoms with Crippen molar-refractivity contribution in [1.29, 1.82) is 0 Å². The molecule has 0 bridgehead atoms. The zero-order valence-corrected chi connectivity index (χ0v) is 9.42. The number of halogens is 3. The van der Waals surface area contributed by atoms with E-state index in [1.807, 2.05) is 0 Å². The largest absolute Gasteiger partial charge is 0.486 e. The molecule has 1 aromatic carbocycles. The molecule has 0 saturated carbocycles. The lowest BCUT2D eigenvalue weighted by atomic mass is 10.1. The molecule has 0 spiro atoms. The molecule has 0 saturated heterocycles. The highest BCUT2D eigenvalue weighted by Crippen LogP contribution is 2.37. The van der Waals surface area contributed by atoms with Gasteiger partial charge in [-0.05, 0) is 24.6 Å². The molecule has 0 heterocycles. The van der Waals surface area contributed by atoms with Crippen molar-refractivity contribution in [2.75, 3.05) is 0 Å². The van der Waals surface area contributed by atoms with Gasteiger partial charge in [-0.15, -0.1) is 0 Å². The van der Waals surface area contributed by atoms with E-state index in [0.717, 1.165) is 6.07 Å². The first kappa shape index (κ1) is 13.6. The SMILES string of the molecule is C=CC(C)Oc1ccc(CN)cc1C(F)(F)F. The number of hydrogen-bond donors (Lipinski definition) is 1. The summed E-state index contributed by atoms with van der Waals surface area (Å²) in [6.45, 7) is 5.13. The van der Waals surface area contributed by atoms with E-state index in [1.54, 1.807) is 6.92 Å². The molecule has 0 aromatic heterocycles. The summed E-state index contributed by atoms with van der Waals surface area (Å²) in [5.41, 5.74) is 4.92. The Labute approximate surface area is 97.9 Å². The molecule has 17 heavy (non-hydrogen) atoms. The monoisotopic (exact) mass is 245 g/mol. The van der Waals surface area contributed by atoms with Crippen LogP contribution in [0.4, 0.5) is 13.2 Å². The summed E-state index contributed by atoms with van der Waals surface area (Å²) in [6.07, 6.45) is -3.52. The van der Waals surface area contributed by atoms with Crippen molar-refractivity contribution < 1.29 is 17.9 Å². The molecule has 2 N–H and O–H groups in total. The maximum Gasteiger partial charge on any atom is 0.419 e. The van der Waals surface area contributed by atoms with Gasteiger partial charge in [-0.1, -0.05) is 18.7 Å². The third-order valence-electron chi connectivity index (χ3n) is 2.23. The Bertz CT molecular complexity index is 401.